The molecule has 0 saturated carbocycles. The van der Waals surface area contributed by atoms with E-state index in [1.807, 2.05) is 12.1 Å². The van der Waals surface area contributed by atoms with Crippen molar-refractivity contribution in [1.82, 2.24) is 10.2 Å². The number of nitrogens with zero attached hydrogens (tertiary/aromatic N) is 1. The largest absolute Gasteiger partial charge is 0.468 e. The Morgan fingerprint density at radius 2 is 1.95 bits per heavy atom. The van der Waals surface area contributed by atoms with Crippen LogP contribution in [0.25, 0.3) is 0 Å². The number of hydrogen-bond donors (Lipinski definition) is 1. The van der Waals surface area contributed by atoms with Gasteiger partial charge in [-0.05, 0) is 44.3 Å². The number of aryl methyl sites for hydroxylation is 1. The average Bonchev–Trinajstić information content (AvgIpc) is 2.89. The Bertz CT molecular complexity index is 491. The van der Waals surface area contributed by atoms with E-state index in [-0.39, 0.29) is 6.04 Å². The number of benzene rings is 1. The third kappa shape index (κ3) is 3.69. The highest BCUT2D eigenvalue weighted by Crippen LogP contribution is 2.17. The molecule has 0 amide bonds. The fourth-order valence-corrected chi connectivity index (χ4v) is 2.17. The molecular weight excluding hydrogens is 236 g/mol. The van der Waals surface area contributed by atoms with Gasteiger partial charge in [0.25, 0.3) is 0 Å². The van der Waals surface area contributed by atoms with Crippen molar-refractivity contribution >= 4 is 0 Å². The molecule has 1 N–H and O–H groups in total. The molecule has 0 radical (unpaired) electrons. The molecule has 0 aliphatic rings. The molecule has 1 atom stereocenters. The molecule has 2 aromatic rings. The summed E-state index contributed by atoms with van der Waals surface area (Å²) in [7, 11) is 4.14. The van der Waals surface area contributed by atoms with Crippen molar-refractivity contribution in [2.45, 2.75) is 19.5 Å². The summed E-state index contributed by atoms with van der Waals surface area (Å²) in [6.07, 6.45) is 1.73. The normalized spacial score (nSPS) is 12.8. The van der Waals surface area contributed by atoms with Crippen LogP contribution in [-0.4, -0.2) is 25.5 Å². The van der Waals surface area contributed by atoms with Crippen molar-refractivity contribution in [2.24, 2.45) is 0 Å². The Morgan fingerprint density at radius 1 is 1.16 bits per heavy atom. The Hall–Kier alpha value is -1.58. The molecule has 1 aromatic heterocycles. The summed E-state index contributed by atoms with van der Waals surface area (Å²) in [5.74, 6) is 1.00. The van der Waals surface area contributed by atoms with Gasteiger partial charge in [0.2, 0.25) is 0 Å². The number of hydrogen-bond acceptors (Lipinski definition) is 3. The minimum Gasteiger partial charge on any atom is -0.468 e. The van der Waals surface area contributed by atoms with Gasteiger partial charge in [0.05, 0.1) is 12.3 Å². The second-order valence-electron chi connectivity index (χ2n) is 5.05. The minimum atomic E-state index is 0.263. The molecule has 0 saturated heterocycles. The zero-order valence-corrected chi connectivity index (χ0v) is 11.9. The van der Waals surface area contributed by atoms with Crippen LogP contribution in [0.3, 0.4) is 0 Å². The summed E-state index contributed by atoms with van der Waals surface area (Å²) in [5, 5.41) is 3.51. The van der Waals surface area contributed by atoms with E-state index in [1.165, 1.54) is 11.1 Å². The molecule has 2 rings (SSSR count). The standard InChI is InChI=1S/C16H22N2O/c1-13-7-4-5-8-14(13)11-17-12-15(18(2)3)16-9-6-10-19-16/h4-10,15,17H,11-12H2,1-3H3. The zero-order valence-electron chi connectivity index (χ0n) is 11.9. The second kappa shape index (κ2) is 6.55. The van der Waals surface area contributed by atoms with Crippen LogP contribution >= 0.6 is 0 Å². The van der Waals surface area contributed by atoms with E-state index in [4.69, 9.17) is 4.42 Å². The SMILES string of the molecule is Cc1ccccc1CNCC(c1ccco1)N(C)C. The maximum Gasteiger partial charge on any atom is 0.122 e. The summed E-state index contributed by atoms with van der Waals surface area (Å²) in [4.78, 5) is 2.17. The van der Waals surface area contributed by atoms with Gasteiger partial charge in [-0.2, -0.15) is 0 Å². The molecule has 0 bridgehead atoms. The molecule has 1 aromatic carbocycles. The quantitative estimate of drug-likeness (QED) is 0.863. The van der Waals surface area contributed by atoms with Gasteiger partial charge in [-0.15, -0.1) is 0 Å². The molecular formula is C16H22N2O. The van der Waals surface area contributed by atoms with Gasteiger partial charge in [0, 0.05) is 13.1 Å². The lowest BCUT2D eigenvalue weighted by atomic mass is 10.1. The van der Waals surface area contributed by atoms with Crippen molar-refractivity contribution in [3.8, 4) is 0 Å². The highest BCUT2D eigenvalue weighted by atomic mass is 16.3. The highest BCUT2D eigenvalue weighted by molar-refractivity contribution is 5.25. The summed E-state index contributed by atoms with van der Waals surface area (Å²) in [6.45, 7) is 3.90. The van der Waals surface area contributed by atoms with Crippen LogP contribution < -0.4 is 5.32 Å². The molecule has 19 heavy (non-hydrogen) atoms. The summed E-state index contributed by atoms with van der Waals surface area (Å²) in [5.41, 5.74) is 2.67. The summed E-state index contributed by atoms with van der Waals surface area (Å²) in [6, 6.07) is 12.7. The van der Waals surface area contributed by atoms with Gasteiger partial charge in [0.1, 0.15) is 5.76 Å². The first-order valence-electron chi connectivity index (χ1n) is 6.63. The van der Waals surface area contributed by atoms with Crippen LogP contribution in [-0.2, 0) is 6.54 Å². The number of furan rings is 1. The van der Waals surface area contributed by atoms with Gasteiger partial charge >= 0.3 is 0 Å². The number of nitrogens with one attached hydrogen (secondary N) is 1. The number of likely N-dealkylation sites (N-methyl/N-ethyl adjacent to an activating group) is 1. The van der Waals surface area contributed by atoms with Crippen LogP contribution in [0.15, 0.2) is 47.1 Å². The second-order valence-corrected chi connectivity index (χ2v) is 5.05. The molecule has 3 heteroatoms. The maximum atomic E-state index is 5.50. The van der Waals surface area contributed by atoms with Crippen LogP contribution in [0.4, 0.5) is 0 Å². The Labute approximate surface area is 115 Å². The fraction of sp³-hybridized carbons (Fsp3) is 0.375. The van der Waals surface area contributed by atoms with Crippen LogP contribution in [0.1, 0.15) is 22.9 Å². The molecule has 3 nitrogen and oxygen atoms in total. The Morgan fingerprint density at radius 3 is 2.58 bits per heavy atom. The average molecular weight is 258 g/mol. The van der Waals surface area contributed by atoms with E-state index < -0.39 is 0 Å². The van der Waals surface area contributed by atoms with E-state index in [1.54, 1.807) is 6.26 Å². The third-order valence-electron chi connectivity index (χ3n) is 3.41. The lowest BCUT2D eigenvalue weighted by molar-refractivity contribution is 0.250. The first kappa shape index (κ1) is 13.8. The van der Waals surface area contributed by atoms with E-state index in [2.05, 4.69) is 55.5 Å². The lowest BCUT2D eigenvalue weighted by Gasteiger charge is -2.22. The first-order valence-corrected chi connectivity index (χ1v) is 6.63. The summed E-state index contributed by atoms with van der Waals surface area (Å²) < 4.78 is 5.50. The van der Waals surface area contributed by atoms with Crippen LogP contribution in [0.2, 0.25) is 0 Å². The van der Waals surface area contributed by atoms with E-state index in [0.717, 1.165) is 18.8 Å². The van der Waals surface area contributed by atoms with Crippen LogP contribution in [0.5, 0.6) is 0 Å². The van der Waals surface area contributed by atoms with E-state index >= 15 is 0 Å². The van der Waals surface area contributed by atoms with Crippen molar-refractivity contribution in [3.05, 3.63) is 59.5 Å². The molecule has 102 valence electrons. The van der Waals surface area contributed by atoms with Crippen molar-refractivity contribution in [3.63, 3.8) is 0 Å². The third-order valence-corrected chi connectivity index (χ3v) is 3.41. The minimum absolute atomic E-state index is 0.263. The zero-order chi connectivity index (χ0) is 13.7. The van der Waals surface area contributed by atoms with Gasteiger partial charge < -0.3 is 9.73 Å². The smallest absolute Gasteiger partial charge is 0.122 e. The van der Waals surface area contributed by atoms with E-state index in [0.29, 0.717) is 0 Å². The Balaban J connectivity index is 1.92. The fourth-order valence-electron chi connectivity index (χ4n) is 2.17. The molecule has 0 fully saturated rings. The predicted octanol–water partition coefficient (Wildman–Crippen LogP) is 2.98. The van der Waals surface area contributed by atoms with Gasteiger partial charge in [-0.3, -0.25) is 4.90 Å². The lowest BCUT2D eigenvalue weighted by Crippen LogP contribution is -2.30. The first-order chi connectivity index (χ1) is 9.18. The molecule has 0 aliphatic carbocycles. The monoisotopic (exact) mass is 258 g/mol. The number of rotatable bonds is 6. The molecule has 1 unspecified atom stereocenters. The topological polar surface area (TPSA) is 28.4 Å². The van der Waals surface area contributed by atoms with Gasteiger partial charge in [-0.1, -0.05) is 24.3 Å². The van der Waals surface area contributed by atoms with Crippen molar-refractivity contribution < 1.29 is 4.42 Å². The Kier molecular flexibility index (Phi) is 4.77. The maximum absolute atomic E-state index is 5.50. The van der Waals surface area contributed by atoms with Gasteiger partial charge in [-0.25, -0.2) is 0 Å². The molecule has 0 spiro atoms. The molecule has 0 aliphatic heterocycles. The van der Waals surface area contributed by atoms with Crippen LogP contribution in [0, 0.1) is 6.92 Å². The van der Waals surface area contributed by atoms with Crippen molar-refractivity contribution in [2.75, 3.05) is 20.6 Å². The van der Waals surface area contributed by atoms with Gasteiger partial charge in [0.15, 0.2) is 0 Å². The molecule has 1 heterocycles. The summed E-state index contributed by atoms with van der Waals surface area (Å²) >= 11 is 0. The predicted molar refractivity (Wildman–Crippen MR) is 78.0 cm³/mol. The van der Waals surface area contributed by atoms with Crippen molar-refractivity contribution in [1.29, 1.82) is 0 Å². The highest BCUT2D eigenvalue weighted by Gasteiger charge is 2.16. The van der Waals surface area contributed by atoms with E-state index in [9.17, 15) is 0 Å².